The monoisotopic (exact) mass is 275 g/mol. The van der Waals surface area contributed by atoms with Crippen LogP contribution in [0.3, 0.4) is 0 Å². The molecule has 1 rings (SSSR count). The first-order valence-electron chi connectivity index (χ1n) is 6.53. The predicted molar refractivity (Wildman–Crippen MR) is 76.6 cm³/mol. The summed E-state index contributed by atoms with van der Waals surface area (Å²) in [5.41, 5.74) is 0.189. The Balaban J connectivity index is 2.65. The molecule has 1 aromatic rings. The maximum absolute atomic E-state index is 11.7. The van der Waals surface area contributed by atoms with Crippen molar-refractivity contribution >= 4 is 5.91 Å². The molecule has 0 aromatic heterocycles. The maximum atomic E-state index is 11.7. The van der Waals surface area contributed by atoms with Crippen LogP contribution in [-0.2, 0) is 11.3 Å². The lowest BCUT2D eigenvalue weighted by Crippen LogP contribution is -2.43. The van der Waals surface area contributed by atoms with E-state index in [1.165, 1.54) is 0 Å². The van der Waals surface area contributed by atoms with Crippen molar-refractivity contribution in [3.8, 4) is 6.07 Å². The molecule has 0 unspecified atom stereocenters. The average Bonchev–Trinajstić information content (AvgIpc) is 2.35. The van der Waals surface area contributed by atoms with Gasteiger partial charge < -0.3 is 10.4 Å². The Labute approximate surface area is 119 Å². The Kier molecular flexibility index (Phi) is 6.16. The molecule has 1 aromatic carbocycles. The van der Waals surface area contributed by atoms with Crippen molar-refractivity contribution in [1.82, 2.24) is 10.2 Å². The highest BCUT2D eigenvalue weighted by Gasteiger charge is 2.20. The minimum atomic E-state index is -0.885. The summed E-state index contributed by atoms with van der Waals surface area (Å²) in [5, 5.41) is 20.9. The van der Waals surface area contributed by atoms with Gasteiger partial charge in [-0.1, -0.05) is 30.3 Å². The van der Waals surface area contributed by atoms with Crippen molar-refractivity contribution in [1.29, 1.82) is 5.26 Å². The lowest BCUT2D eigenvalue weighted by Gasteiger charge is -2.28. The highest BCUT2D eigenvalue weighted by molar-refractivity contribution is 5.78. The Morgan fingerprint density at radius 3 is 2.60 bits per heavy atom. The second-order valence-electron chi connectivity index (χ2n) is 5.38. The summed E-state index contributed by atoms with van der Waals surface area (Å²) in [6.07, 6.45) is 0. The summed E-state index contributed by atoms with van der Waals surface area (Å²) < 4.78 is 0. The summed E-state index contributed by atoms with van der Waals surface area (Å²) in [6.45, 7) is 4.52. The van der Waals surface area contributed by atoms with Crippen LogP contribution in [0.4, 0.5) is 0 Å². The van der Waals surface area contributed by atoms with Crippen LogP contribution in [0.2, 0.25) is 0 Å². The summed E-state index contributed by atoms with van der Waals surface area (Å²) in [7, 11) is 0. The third-order valence-electron chi connectivity index (χ3n) is 2.59. The lowest BCUT2D eigenvalue weighted by molar-refractivity contribution is -0.122. The van der Waals surface area contributed by atoms with Crippen molar-refractivity contribution in [2.24, 2.45) is 0 Å². The van der Waals surface area contributed by atoms with Gasteiger partial charge in [-0.25, -0.2) is 0 Å². The second-order valence-corrected chi connectivity index (χ2v) is 5.38. The predicted octanol–water partition coefficient (Wildman–Crippen LogP) is 0.899. The van der Waals surface area contributed by atoms with Crippen LogP contribution in [0.15, 0.2) is 30.3 Å². The van der Waals surface area contributed by atoms with Crippen molar-refractivity contribution in [3.05, 3.63) is 35.9 Å². The first-order chi connectivity index (χ1) is 9.40. The maximum Gasteiger partial charge on any atom is 0.235 e. The molecular formula is C15H21N3O2. The number of nitrogens with zero attached hydrogens (tertiary/aromatic N) is 2. The zero-order valence-corrected chi connectivity index (χ0v) is 12.0. The van der Waals surface area contributed by atoms with E-state index in [1.807, 2.05) is 41.3 Å². The smallest absolute Gasteiger partial charge is 0.235 e. The highest BCUT2D eigenvalue weighted by Crippen LogP contribution is 2.09. The lowest BCUT2D eigenvalue weighted by atomic mass is 10.1. The fraction of sp³-hybridized carbons (Fsp3) is 0.467. The zero-order valence-electron chi connectivity index (χ0n) is 12.0. The summed E-state index contributed by atoms with van der Waals surface area (Å²) >= 11 is 0. The highest BCUT2D eigenvalue weighted by atomic mass is 16.3. The number of aliphatic hydroxyl groups is 1. The molecule has 0 aliphatic rings. The van der Waals surface area contributed by atoms with Crippen LogP contribution in [0, 0.1) is 11.3 Å². The van der Waals surface area contributed by atoms with Crippen LogP contribution in [0.5, 0.6) is 0 Å². The third-order valence-corrected chi connectivity index (χ3v) is 2.59. The number of benzene rings is 1. The number of nitriles is 1. The quantitative estimate of drug-likeness (QED) is 0.725. The van der Waals surface area contributed by atoms with Gasteiger partial charge in [0, 0.05) is 13.1 Å². The van der Waals surface area contributed by atoms with E-state index in [4.69, 9.17) is 5.26 Å². The van der Waals surface area contributed by atoms with Crippen molar-refractivity contribution < 1.29 is 9.90 Å². The van der Waals surface area contributed by atoms with E-state index < -0.39 is 5.60 Å². The Morgan fingerprint density at radius 2 is 2.05 bits per heavy atom. The van der Waals surface area contributed by atoms with Gasteiger partial charge in [0.15, 0.2) is 0 Å². The van der Waals surface area contributed by atoms with Gasteiger partial charge in [0.2, 0.25) is 5.91 Å². The topological polar surface area (TPSA) is 76.4 Å². The van der Waals surface area contributed by atoms with E-state index in [0.29, 0.717) is 13.1 Å². The molecule has 20 heavy (non-hydrogen) atoms. The van der Waals surface area contributed by atoms with Crippen molar-refractivity contribution in [2.45, 2.75) is 26.0 Å². The van der Waals surface area contributed by atoms with Crippen LogP contribution in [0.1, 0.15) is 19.4 Å². The molecule has 0 atom stereocenters. The molecule has 0 aliphatic heterocycles. The number of rotatable bonds is 7. The molecule has 1 amide bonds. The number of hydrogen-bond donors (Lipinski definition) is 2. The number of amides is 1. The standard InChI is InChI=1S/C15H21N3O2/c1-15(2,20)12-18(11-14(19)17-9-8-16)10-13-6-4-3-5-7-13/h3-7,20H,9-12H2,1-2H3,(H,17,19). The molecule has 108 valence electrons. The van der Waals surface area contributed by atoms with Gasteiger partial charge in [0.05, 0.1) is 18.2 Å². The van der Waals surface area contributed by atoms with Gasteiger partial charge in [-0.05, 0) is 19.4 Å². The number of hydrogen-bond acceptors (Lipinski definition) is 4. The fourth-order valence-electron chi connectivity index (χ4n) is 1.95. The van der Waals surface area contributed by atoms with E-state index in [-0.39, 0.29) is 19.0 Å². The first-order valence-corrected chi connectivity index (χ1v) is 6.53. The summed E-state index contributed by atoms with van der Waals surface area (Å²) in [6, 6.07) is 11.6. The normalized spacial score (nSPS) is 11.2. The molecule has 0 aliphatic carbocycles. The molecule has 0 heterocycles. The number of carbonyl (C=O) groups excluding carboxylic acids is 1. The van der Waals surface area contributed by atoms with Crippen LogP contribution in [-0.4, -0.2) is 41.1 Å². The molecule has 5 nitrogen and oxygen atoms in total. The molecule has 2 N–H and O–H groups in total. The van der Waals surface area contributed by atoms with E-state index in [9.17, 15) is 9.90 Å². The largest absolute Gasteiger partial charge is 0.389 e. The molecule has 0 saturated heterocycles. The molecule has 0 radical (unpaired) electrons. The second kappa shape index (κ2) is 7.63. The molecule has 5 heteroatoms. The van der Waals surface area contributed by atoms with E-state index in [0.717, 1.165) is 5.56 Å². The first kappa shape index (κ1) is 16.2. The average molecular weight is 275 g/mol. The van der Waals surface area contributed by atoms with Gasteiger partial charge in [-0.2, -0.15) is 5.26 Å². The Bertz CT molecular complexity index is 460. The minimum Gasteiger partial charge on any atom is -0.389 e. The van der Waals surface area contributed by atoms with Crippen molar-refractivity contribution in [3.63, 3.8) is 0 Å². The summed E-state index contributed by atoms with van der Waals surface area (Å²) in [4.78, 5) is 13.6. The minimum absolute atomic E-state index is 0.000524. The van der Waals surface area contributed by atoms with Crippen LogP contribution >= 0.6 is 0 Å². The summed E-state index contributed by atoms with van der Waals surface area (Å²) in [5.74, 6) is -0.216. The molecule has 0 spiro atoms. The fourth-order valence-corrected chi connectivity index (χ4v) is 1.95. The van der Waals surface area contributed by atoms with Gasteiger partial charge in [0.1, 0.15) is 6.54 Å². The third kappa shape index (κ3) is 6.88. The van der Waals surface area contributed by atoms with E-state index in [2.05, 4.69) is 5.32 Å². The number of carbonyl (C=O) groups is 1. The molecule has 0 saturated carbocycles. The van der Waals surface area contributed by atoms with Gasteiger partial charge in [-0.3, -0.25) is 9.69 Å². The van der Waals surface area contributed by atoms with Gasteiger partial charge in [-0.15, -0.1) is 0 Å². The van der Waals surface area contributed by atoms with Gasteiger partial charge >= 0.3 is 0 Å². The van der Waals surface area contributed by atoms with Crippen LogP contribution < -0.4 is 5.32 Å². The Hall–Kier alpha value is -1.90. The zero-order chi connectivity index (χ0) is 15.0. The molecular weight excluding hydrogens is 254 g/mol. The molecule has 0 fully saturated rings. The van der Waals surface area contributed by atoms with Gasteiger partial charge in [0.25, 0.3) is 0 Å². The van der Waals surface area contributed by atoms with Crippen molar-refractivity contribution in [2.75, 3.05) is 19.6 Å². The number of nitrogens with one attached hydrogen (secondary N) is 1. The van der Waals surface area contributed by atoms with E-state index in [1.54, 1.807) is 13.8 Å². The Morgan fingerprint density at radius 1 is 1.40 bits per heavy atom. The van der Waals surface area contributed by atoms with Crippen LogP contribution in [0.25, 0.3) is 0 Å². The van der Waals surface area contributed by atoms with E-state index >= 15 is 0 Å². The SMILES string of the molecule is CC(C)(O)CN(CC(=O)NCC#N)Cc1ccccc1. The molecule has 0 bridgehead atoms.